The fraction of sp³-hybridized carbons (Fsp3) is 0.375. The van der Waals surface area contributed by atoms with E-state index in [1.54, 1.807) is 0 Å². The molecule has 1 aliphatic carbocycles. The Balaban J connectivity index is 1.39. The SMILES string of the molecule is CC(CCc1ccccc1)NC(=O)CN1C(=O)NC2(CCCc3ccccc32)C1=O. The summed E-state index contributed by atoms with van der Waals surface area (Å²) in [4.78, 5) is 39.5. The summed E-state index contributed by atoms with van der Waals surface area (Å²) < 4.78 is 0. The van der Waals surface area contributed by atoms with E-state index < -0.39 is 11.6 Å². The van der Waals surface area contributed by atoms with Crippen molar-refractivity contribution in [1.29, 1.82) is 0 Å². The Hall–Kier alpha value is -3.15. The maximum atomic E-state index is 13.3. The molecule has 2 aliphatic rings. The Bertz CT molecular complexity index is 959. The van der Waals surface area contributed by atoms with E-state index in [1.165, 1.54) is 5.56 Å². The first kappa shape index (κ1) is 20.1. The molecule has 6 heteroatoms. The van der Waals surface area contributed by atoms with Gasteiger partial charge in [-0.2, -0.15) is 0 Å². The normalized spacial score (nSPS) is 21.3. The molecule has 6 nitrogen and oxygen atoms in total. The lowest BCUT2D eigenvalue weighted by atomic mass is 9.76. The molecule has 2 unspecified atom stereocenters. The van der Waals surface area contributed by atoms with Gasteiger partial charge in [0.2, 0.25) is 5.91 Å². The van der Waals surface area contributed by atoms with Gasteiger partial charge in [-0.25, -0.2) is 4.79 Å². The van der Waals surface area contributed by atoms with Crippen molar-refractivity contribution in [3.05, 3.63) is 71.3 Å². The topological polar surface area (TPSA) is 78.5 Å². The van der Waals surface area contributed by atoms with Crippen LogP contribution >= 0.6 is 0 Å². The second kappa shape index (κ2) is 8.30. The van der Waals surface area contributed by atoms with Crippen LogP contribution in [0.2, 0.25) is 0 Å². The van der Waals surface area contributed by atoms with Gasteiger partial charge in [0.15, 0.2) is 0 Å². The van der Waals surface area contributed by atoms with Gasteiger partial charge in [-0.3, -0.25) is 14.5 Å². The van der Waals surface area contributed by atoms with Gasteiger partial charge in [0.05, 0.1) is 0 Å². The van der Waals surface area contributed by atoms with Gasteiger partial charge in [-0.05, 0) is 55.7 Å². The molecule has 156 valence electrons. The number of imide groups is 1. The quantitative estimate of drug-likeness (QED) is 0.726. The molecule has 1 heterocycles. The van der Waals surface area contributed by atoms with Crippen molar-refractivity contribution in [2.24, 2.45) is 0 Å². The van der Waals surface area contributed by atoms with E-state index in [2.05, 4.69) is 22.8 Å². The van der Waals surface area contributed by atoms with Gasteiger partial charge in [0, 0.05) is 6.04 Å². The van der Waals surface area contributed by atoms with Gasteiger partial charge >= 0.3 is 6.03 Å². The number of aryl methyl sites for hydroxylation is 2. The standard InChI is InChI=1S/C24H27N3O3/c1-17(13-14-18-8-3-2-4-9-18)25-21(28)16-27-22(29)24(26-23(27)30)15-7-11-19-10-5-6-12-20(19)24/h2-6,8-10,12,17H,7,11,13-16H2,1H3,(H,25,28)(H,26,30). The van der Waals surface area contributed by atoms with Crippen molar-refractivity contribution in [2.75, 3.05) is 6.54 Å². The van der Waals surface area contributed by atoms with Crippen LogP contribution in [0.3, 0.4) is 0 Å². The zero-order chi connectivity index (χ0) is 21.1. The number of amides is 4. The summed E-state index contributed by atoms with van der Waals surface area (Å²) in [5.41, 5.74) is 2.11. The highest BCUT2D eigenvalue weighted by Crippen LogP contribution is 2.39. The van der Waals surface area contributed by atoms with E-state index in [-0.39, 0.29) is 24.4 Å². The van der Waals surface area contributed by atoms with Crippen LogP contribution in [0.25, 0.3) is 0 Å². The van der Waals surface area contributed by atoms with Crippen LogP contribution in [0.15, 0.2) is 54.6 Å². The van der Waals surface area contributed by atoms with Gasteiger partial charge < -0.3 is 10.6 Å². The molecule has 2 aromatic rings. The fourth-order valence-electron chi connectivity index (χ4n) is 4.52. The number of rotatable bonds is 6. The first-order valence-electron chi connectivity index (χ1n) is 10.6. The second-order valence-corrected chi connectivity index (χ2v) is 8.23. The largest absolute Gasteiger partial charge is 0.352 e. The molecule has 0 bridgehead atoms. The number of carbonyl (C=O) groups excluding carboxylic acids is 3. The van der Waals surface area contributed by atoms with Crippen molar-refractivity contribution in [3.63, 3.8) is 0 Å². The highest BCUT2D eigenvalue weighted by molar-refractivity contribution is 6.09. The summed E-state index contributed by atoms with van der Waals surface area (Å²) >= 11 is 0. The van der Waals surface area contributed by atoms with Crippen LogP contribution in [0, 0.1) is 0 Å². The first-order valence-corrected chi connectivity index (χ1v) is 10.6. The summed E-state index contributed by atoms with van der Waals surface area (Å²) in [5, 5.41) is 5.80. The molecule has 0 saturated carbocycles. The molecule has 1 saturated heterocycles. The molecule has 1 fully saturated rings. The highest BCUT2D eigenvalue weighted by Gasteiger charge is 2.54. The summed E-state index contributed by atoms with van der Waals surface area (Å²) in [7, 11) is 0. The van der Waals surface area contributed by atoms with Crippen molar-refractivity contribution in [1.82, 2.24) is 15.5 Å². The predicted molar refractivity (Wildman–Crippen MR) is 114 cm³/mol. The smallest absolute Gasteiger partial charge is 0.325 e. The minimum atomic E-state index is -1.04. The number of benzene rings is 2. The monoisotopic (exact) mass is 405 g/mol. The molecular weight excluding hydrogens is 378 g/mol. The lowest BCUT2D eigenvalue weighted by molar-refractivity contribution is -0.135. The molecule has 4 rings (SSSR count). The molecule has 2 N–H and O–H groups in total. The number of fused-ring (bicyclic) bond motifs is 2. The summed E-state index contributed by atoms with van der Waals surface area (Å²) in [6, 6.07) is 17.3. The average Bonchev–Trinajstić information content (AvgIpc) is 2.98. The number of hydrogen-bond donors (Lipinski definition) is 2. The fourth-order valence-corrected chi connectivity index (χ4v) is 4.52. The lowest BCUT2D eigenvalue weighted by Gasteiger charge is -2.33. The summed E-state index contributed by atoms with van der Waals surface area (Å²) in [6.45, 7) is 1.68. The Morgan fingerprint density at radius 2 is 1.87 bits per heavy atom. The van der Waals surface area contributed by atoms with Crippen LogP contribution in [-0.4, -0.2) is 35.3 Å². The number of nitrogens with one attached hydrogen (secondary N) is 2. The van der Waals surface area contributed by atoms with Crippen LogP contribution < -0.4 is 10.6 Å². The minimum absolute atomic E-state index is 0.0529. The predicted octanol–water partition coefficient (Wildman–Crippen LogP) is 2.91. The molecule has 4 amide bonds. The van der Waals surface area contributed by atoms with Crippen LogP contribution in [0.4, 0.5) is 4.79 Å². The molecule has 1 aliphatic heterocycles. The van der Waals surface area contributed by atoms with E-state index in [1.807, 2.05) is 49.4 Å². The second-order valence-electron chi connectivity index (χ2n) is 8.23. The molecule has 2 atom stereocenters. The zero-order valence-electron chi connectivity index (χ0n) is 17.2. The van der Waals surface area contributed by atoms with Gasteiger partial charge in [0.25, 0.3) is 5.91 Å². The molecule has 1 spiro atoms. The Labute approximate surface area is 176 Å². The number of carbonyl (C=O) groups is 3. The van der Waals surface area contributed by atoms with Crippen molar-refractivity contribution < 1.29 is 14.4 Å². The molecular formula is C24H27N3O3. The Kier molecular flexibility index (Phi) is 5.57. The van der Waals surface area contributed by atoms with Crippen molar-refractivity contribution >= 4 is 17.8 Å². The number of hydrogen-bond acceptors (Lipinski definition) is 3. The zero-order valence-corrected chi connectivity index (χ0v) is 17.2. The highest BCUT2D eigenvalue weighted by atomic mass is 16.2. The maximum absolute atomic E-state index is 13.3. The van der Waals surface area contributed by atoms with E-state index in [0.29, 0.717) is 6.42 Å². The Morgan fingerprint density at radius 1 is 1.13 bits per heavy atom. The van der Waals surface area contributed by atoms with E-state index in [0.717, 1.165) is 41.7 Å². The molecule has 30 heavy (non-hydrogen) atoms. The van der Waals surface area contributed by atoms with Gasteiger partial charge in [-0.1, -0.05) is 54.6 Å². The molecule has 0 aromatic heterocycles. The summed E-state index contributed by atoms with van der Waals surface area (Å²) in [5.74, 6) is -0.646. The molecule has 0 radical (unpaired) electrons. The van der Waals surface area contributed by atoms with Gasteiger partial charge in [-0.15, -0.1) is 0 Å². The van der Waals surface area contributed by atoms with E-state index >= 15 is 0 Å². The van der Waals surface area contributed by atoms with Crippen LogP contribution in [0.5, 0.6) is 0 Å². The average molecular weight is 405 g/mol. The summed E-state index contributed by atoms with van der Waals surface area (Å²) in [6.07, 6.45) is 3.90. The third-order valence-electron chi connectivity index (χ3n) is 6.07. The van der Waals surface area contributed by atoms with Crippen molar-refractivity contribution in [2.45, 2.75) is 50.6 Å². The van der Waals surface area contributed by atoms with Gasteiger partial charge in [0.1, 0.15) is 12.1 Å². The van der Waals surface area contributed by atoms with E-state index in [4.69, 9.17) is 0 Å². The van der Waals surface area contributed by atoms with Crippen molar-refractivity contribution in [3.8, 4) is 0 Å². The number of nitrogens with zero attached hydrogens (tertiary/aromatic N) is 1. The number of urea groups is 1. The van der Waals surface area contributed by atoms with E-state index in [9.17, 15) is 14.4 Å². The third kappa shape index (κ3) is 3.82. The van der Waals surface area contributed by atoms with Crippen LogP contribution in [-0.2, 0) is 28.0 Å². The third-order valence-corrected chi connectivity index (χ3v) is 6.07. The van der Waals surface area contributed by atoms with Crippen LogP contribution in [0.1, 0.15) is 42.9 Å². The maximum Gasteiger partial charge on any atom is 0.325 e. The lowest BCUT2D eigenvalue weighted by Crippen LogP contribution is -2.47. The minimum Gasteiger partial charge on any atom is -0.352 e. The first-order chi connectivity index (χ1) is 14.5. The molecule has 2 aromatic carbocycles. The Morgan fingerprint density at radius 3 is 2.67 bits per heavy atom.